The quantitative estimate of drug-likeness (QED) is 0.135. The third-order valence-corrected chi connectivity index (χ3v) is 6.74. The Morgan fingerprint density at radius 2 is 2.13 bits per heavy atom. The van der Waals surface area contributed by atoms with E-state index in [-0.39, 0.29) is 11.9 Å². The minimum absolute atomic E-state index is 0.0564. The van der Waals surface area contributed by atoms with Gasteiger partial charge in [0.15, 0.2) is 0 Å². The minimum Gasteiger partial charge on any atom is -0.497 e. The van der Waals surface area contributed by atoms with E-state index in [1.807, 2.05) is 19.1 Å². The molecule has 0 aromatic heterocycles. The van der Waals surface area contributed by atoms with Gasteiger partial charge in [-0.2, -0.15) is 0 Å². The zero-order chi connectivity index (χ0) is 21.8. The smallest absolute Gasteiger partial charge is 0.126 e. The molecule has 5 heteroatoms. The summed E-state index contributed by atoms with van der Waals surface area (Å²) in [4.78, 5) is 0. The average molecular weight is 435 g/mol. The summed E-state index contributed by atoms with van der Waals surface area (Å²) in [7, 11) is 0. The van der Waals surface area contributed by atoms with Crippen LogP contribution < -0.4 is 10.0 Å². The molecule has 0 aliphatic heterocycles. The maximum absolute atomic E-state index is 14.3. The molecule has 2 rings (SSSR count). The summed E-state index contributed by atoms with van der Waals surface area (Å²) >= 11 is 1.77. The number of benzene rings is 1. The van der Waals surface area contributed by atoms with E-state index in [1.54, 1.807) is 18.0 Å². The highest BCUT2D eigenvalue weighted by atomic mass is 32.2. The van der Waals surface area contributed by atoms with Crippen LogP contribution in [0.3, 0.4) is 0 Å². The van der Waals surface area contributed by atoms with Crippen molar-refractivity contribution in [3.63, 3.8) is 0 Å². The predicted molar refractivity (Wildman–Crippen MR) is 128 cm³/mol. The van der Waals surface area contributed by atoms with Gasteiger partial charge in [-0.3, -0.25) is 4.72 Å². The van der Waals surface area contributed by atoms with E-state index in [9.17, 15) is 4.39 Å². The number of hydrogen-bond acceptors (Lipinski definition) is 4. The molecule has 168 valence electrons. The van der Waals surface area contributed by atoms with Crippen LogP contribution in [-0.2, 0) is 4.74 Å². The van der Waals surface area contributed by atoms with Crippen molar-refractivity contribution in [3.8, 4) is 0 Å². The number of unbranched alkanes of at least 4 members (excludes halogenated alkanes) is 2. The first kappa shape index (κ1) is 25.0. The summed E-state index contributed by atoms with van der Waals surface area (Å²) in [6, 6.07) is 5.84. The highest BCUT2D eigenvalue weighted by Crippen LogP contribution is 2.44. The Balaban J connectivity index is 1.60. The summed E-state index contributed by atoms with van der Waals surface area (Å²) < 4.78 is 23.2. The Morgan fingerprint density at radius 3 is 2.87 bits per heavy atom. The molecule has 1 atom stereocenters. The topological polar surface area (TPSA) is 33.3 Å². The van der Waals surface area contributed by atoms with Crippen molar-refractivity contribution in [1.82, 2.24) is 10.0 Å². The molecule has 0 spiro atoms. The number of hydrogen-bond donors (Lipinski definition) is 2. The molecule has 1 aromatic carbocycles. The van der Waals surface area contributed by atoms with Crippen LogP contribution >= 0.6 is 11.9 Å². The summed E-state index contributed by atoms with van der Waals surface area (Å²) in [5, 5.41) is 3.36. The van der Waals surface area contributed by atoms with Crippen LogP contribution in [0.1, 0.15) is 75.5 Å². The Kier molecular flexibility index (Phi) is 11.6. The lowest BCUT2D eigenvalue weighted by Gasteiger charge is -2.35. The predicted octanol–water partition coefficient (Wildman–Crippen LogP) is 6.50. The second-order valence-electron chi connectivity index (χ2n) is 8.24. The van der Waals surface area contributed by atoms with Crippen molar-refractivity contribution in [3.05, 3.63) is 60.1 Å². The molecule has 0 radical (unpaired) electrons. The number of nitrogens with one attached hydrogen (secondary N) is 2. The third kappa shape index (κ3) is 8.44. The number of allylic oxidation sites excluding steroid dienone is 1. The monoisotopic (exact) mass is 434 g/mol. The first-order chi connectivity index (χ1) is 14.5. The zero-order valence-electron chi connectivity index (χ0n) is 18.7. The third-order valence-electron chi connectivity index (χ3n) is 5.73. The molecule has 1 aliphatic carbocycles. The minimum atomic E-state index is -0.0564. The van der Waals surface area contributed by atoms with E-state index in [4.69, 9.17) is 4.74 Å². The lowest BCUT2D eigenvalue weighted by molar-refractivity contribution is 0.222. The second-order valence-corrected chi connectivity index (χ2v) is 9.17. The maximum Gasteiger partial charge on any atom is 0.126 e. The largest absolute Gasteiger partial charge is 0.497 e. The molecule has 1 aliphatic rings. The van der Waals surface area contributed by atoms with Gasteiger partial charge in [0, 0.05) is 11.8 Å². The number of ether oxygens (including phenoxy) is 1. The molecule has 1 aromatic rings. The van der Waals surface area contributed by atoms with Crippen LogP contribution in [0.25, 0.3) is 0 Å². The fraction of sp³-hybridized carbons (Fsp3) is 0.600. The van der Waals surface area contributed by atoms with Gasteiger partial charge in [0.1, 0.15) is 11.6 Å². The molecule has 30 heavy (non-hydrogen) atoms. The first-order valence-electron chi connectivity index (χ1n) is 11.3. The van der Waals surface area contributed by atoms with E-state index in [0.29, 0.717) is 18.4 Å². The van der Waals surface area contributed by atoms with Crippen LogP contribution in [0.5, 0.6) is 0 Å². The van der Waals surface area contributed by atoms with Crippen molar-refractivity contribution in [1.29, 1.82) is 0 Å². The van der Waals surface area contributed by atoms with Crippen LogP contribution in [0, 0.1) is 11.7 Å². The lowest BCUT2D eigenvalue weighted by atomic mass is 9.70. The first-order valence-corrected chi connectivity index (χ1v) is 12.3. The van der Waals surface area contributed by atoms with Crippen molar-refractivity contribution in [2.75, 3.05) is 25.4 Å². The van der Waals surface area contributed by atoms with Gasteiger partial charge in [-0.25, -0.2) is 4.39 Å². The fourth-order valence-corrected chi connectivity index (χ4v) is 4.75. The van der Waals surface area contributed by atoms with E-state index < -0.39 is 0 Å². The number of halogens is 1. The molecule has 0 bridgehead atoms. The van der Waals surface area contributed by atoms with E-state index in [2.05, 4.69) is 36.2 Å². The molecule has 0 heterocycles. The van der Waals surface area contributed by atoms with Crippen molar-refractivity contribution in [2.24, 2.45) is 5.92 Å². The molecule has 2 N–H and O–H groups in total. The molecule has 1 saturated carbocycles. The summed E-state index contributed by atoms with van der Waals surface area (Å²) in [6.45, 7) is 14.2. The molecular formula is C25H39FN2OS. The van der Waals surface area contributed by atoms with Crippen LogP contribution in [0.4, 0.5) is 4.39 Å². The van der Waals surface area contributed by atoms with Crippen LogP contribution in [0.2, 0.25) is 0 Å². The standard InChI is InChI=1S/C25H39FN2OS/c1-5-10-21-15-23(16-21)24-17-22(11-12-25(24)26)20(4)28-30-14-9-7-8-13-27-18-19(3)29-6-2/h5,11-12,17,20-21,23,27-28H,1,3,6-10,13-16,18H2,2,4H3/t20-,21?,23?/m0/s1. The SMILES string of the molecule is C=CCC1CC(c2cc([C@H](C)NSCCCCCNCC(=C)OCC)ccc2F)C1. The Labute approximate surface area is 187 Å². The molecule has 0 amide bonds. The molecule has 1 fully saturated rings. The van der Waals surface area contributed by atoms with Crippen LogP contribution in [-0.4, -0.2) is 25.4 Å². The van der Waals surface area contributed by atoms with Gasteiger partial charge in [0.2, 0.25) is 0 Å². The zero-order valence-corrected chi connectivity index (χ0v) is 19.5. The number of rotatable bonds is 16. The van der Waals surface area contributed by atoms with Gasteiger partial charge in [-0.15, -0.1) is 6.58 Å². The normalized spacial score (nSPS) is 19.2. The van der Waals surface area contributed by atoms with Crippen molar-refractivity contribution >= 4 is 11.9 Å². The molecule has 3 nitrogen and oxygen atoms in total. The van der Waals surface area contributed by atoms with E-state index in [1.165, 1.54) is 18.4 Å². The Morgan fingerprint density at radius 1 is 1.33 bits per heavy atom. The van der Waals surface area contributed by atoms with Gasteiger partial charge < -0.3 is 10.1 Å². The Bertz CT molecular complexity index is 661. The van der Waals surface area contributed by atoms with Gasteiger partial charge in [-0.05, 0) is 81.5 Å². The molecule has 0 unspecified atom stereocenters. The fourth-order valence-electron chi connectivity index (χ4n) is 3.90. The maximum atomic E-state index is 14.3. The lowest BCUT2D eigenvalue weighted by Crippen LogP contribution is -2.22. The average Bonchev–Trinajstić information content (AvgIpc) is 2.70. The highest BCUT2D eigenvalue weighted by Gasteiger charge is 2.31. The summed E-state index contributed by atoms with van der Waals surface area (Å²) in [6.07, 6.45) is 8.73. The van der Waals surface area contributed by atoms with Crippen molar-refractivity contribution in [2.45, 2.75) is 64.3 Å². The summed E-state index contributed by atoms with van der Waals surface area (Å²) in [5.74, 6) is 2.88. The van der Waals surface area contributed by atoms with Crippen LogP contribution in [0.15, 0.2) is 43.2 Å². The second kappa shape index (κ2) is 13.9. The highest BCUT2D eigenvalue weighted by molar-refractivity contribution is 7.97. The van der Waals surface area contributed by atoms with Gasteiger partial charge >= 0.3 is 0 Å². The van der Waals surface area contributed by atoms with Gasteiger partial charge in [0.25, 0.3) is 0 Å². The summed E-state index contributed by atoms with van der Waals surface area (Å²) in [5.41, 5.74) is 2.07. The Hall–Kier alpha value is -1.30. The van der Waals surface area contributed by atoms with E-state index >= 15 is 0 Å². The molecular weight excluding hydrogens is 395 g/mol. The van der Waals surface area contributed by atoms with Gasteiger partial charge in [0.05, 0.1) is 13.2 Å². The van der Waals surface area contributed by atoms with Crippen molar-refractivity contribution < 1.29 is 9.13 Å². The van der Waals surface area contributed by atoms with Gasteiger partial charge in [-0.1, -0.05) is 43.2 Å². The van der Waals surface area contributed by atoms with E-state index in [0.717, 1.165) is 55.8 Å². The molecule has 0 saturated heterocycles.